The second-order valence-corrected chi connectivity index (χ2v) is 5.81. The molecule has 0 bridgehead atoms. The third-order valence-electron chi connectivity index (χ3n) is 4.02. The van der Waals surface area contributed by atoms with Crippen LogP contribution in [0, 0.1) is 0 Å². The van der Waals surface area contributed by atoms with Crippen LogP contribution in [0.15, 0.2) is 24.3 Å². The minimum absolute atomic E-state index is 0.0963. The number of likely N-dealkylation sites (tertiary alicyclic amines) is 1. The van der Waals surface area contributed by atoms with Gasteiger partial charge in [-0.25, -0.2) is 0 Å². The highest BCUT2D eigenvalue weighted by Crippen LogP contribution is 2.12. The van der Waals surface area contributed by atoms with Crippen molar-refractivity contribution in [3.05, 3.63) is 29.8 Å². The molecule has 0 aromatic heterocycles. The first kappa shape index (κ1) is 16.0. The summed E-state index contributed by atoms with van der Waals surface area (Å²) >= 11 is 0. The fourth-order valence-electron chi connectivity index (χ4n) is 2.82. The lowest BCUT2D eigenvalue weighted by Crippen LogP contribution is -2.26. The van der Waals surface area contributed by atoms with Crippen LogP contribution in [0.2, 0.25) is 0 Å². The van der Waals surface area contributed by atoms with E-state index in [4.69, 9.17) is 5.73 Å². The number of hydrogen-bond donors (Lipinski definition) is 2. The molecule has 21 heavy (non-hydrogen) atoms. The molecule has 2 rings (SSSR count). The van der Waals surface area contributed by atoms with Crippen LogP contribution in [0.1, 0.15) is 44.1 Å². The van der Waals surface area contributed by atoms with E-state index in [1.807, 2.05) is 24.3 Å². The molecule has 1 fully saturated rings. The Morgan fingerprint density at radius 2 is 1.95 bits per heavy atom. The SMILES string of the molecule is NCc1cccc(NC(=O)CCCN2CCCCCC2)c1. The van der Waals surface area contributed by atoms with Gasteiger partial charge in [0.25, 0.3) is 0 Å². The second-order valence-electron chi connectivity index (χ2n) is 5.81. The van der Waals surface area contributed by atoms with E-state index in [0.717, 1.165) is 24.2 Å². The number of hydrogen-bond acceptors (Lipinski definition) is 3. The topological polar surface area (TPSA) is 58.4 Å². The van der Waals surface area contributed by atoms with Crippen LogP contribution < -0.4 is 11.1 Å². The van der Waals surface area contributed by atoms with Crippen molar-refractivity contribution in [1.29, 1.82) is 0 Å². The Bertz CT molecular complexity index is 439. The fourth-order valence-corrected chi connectivity index (χ4v) is 2.82. The number of amides is 1. The largest absolute Gasteiger partial charge is 0.326 e. The fraction of sp³-hybridized carbons (Fsp3) is 0.588. The molecule has 1 aliphatic heterocycles. The Hall–Kier alpha value is -1.39. The molecule has 0 radical (unpaired) electrons. The lowest BCUT2D eigenvalue weighted by Gasteiger charge is -2.19. The number of carbonyl (C=O) groups excluding carboxylic acids is 1. The predicted molar refractivity (Wildman–Crippen MR) is 87.1 cm³/mol. The predicted octanol–water partition coefficient (Wildman–Crippen LogP) is 2.74. The maximum Gasteiger partial charge on any atom is 0.224 e. The van der Waals surface area contributed by atoms with Crippen molar-refractivity contribution >= 4 is 11.6 Å². The summed E-state index contributed by atoms with van der Waals surface area (Å²) in [5, 5.41) is 2.95. The first-order chi connectivity index (χ1) is 10.3. The van der Waals surface area contributed by atoms with E-state index < -0.39 is 0 Å². The molecule has 116 valence electrons. The van der Waals surface area contributed by atoms with E-state index in [0.29, 0.717) is 13.0 Å². The Morgan fingerprint density at radius 3 is 2.67 bits per heavy atom. The van der Waals surface area contributed by atoms with Crippen molar-refractivity contribution in [2.45, 2.75) is 45.1 Å². The lowest BCUT2D eigenvalue weighted by molar-refractivity contribution is -0.116. The Balaban J connectivity index is 1.69. The molecular formula is C17H27N3O. The Kier molecular flexibility index (Phi) is 6.70. The van der Waals surface area contributed by atoms with Crippen molar-refractivity contribution in [3.63, 3.8) is 0 Å². The summed E-state index contributed by atoms with van der Waals surface area (Å²) in [6.07, 6.45) is 6.84. The zero-order valence-corrected chi connectivity index (χ0v) is 12.8. The van der Waals surface area contributed by atoms with Gasteiger partial charge in [-0.1, -0.05) is 25.0 Å². The van der Waals surface area contributed by atoms with Crippen LogP contribution in [-0.2, 0) is 11.3 Å². The lowest BCUT2D eigenvalue weighted by atomic mass is 10.2. The van der Waals surface area contributed by atoms with Gasteiger partial charge in [-0.15, -0.1) is 0 Å². The van der Waals surface area contributed by atoms with Gasteiger partial charge in [-0.3, -0.25) is 4.79 Å². The van der Waals surface area contributed by atoms with Gasteiger partial charge in [-0.05, 0) is 56.6 Å². The number of nitrogens with zero attached hydrogens (tertiary/aromatic N) is 1. The highest BCUT2D eigenvalue weighted by molar-refractivity contribution is 5.90. The maximum atomic E-state index is 12.0. The molecule has 3 N–H and O–H groups in total. The highest BCUT2D eigenvalue weighted by Gasteiger charge is 2.09. The molecule has 0 unspecified atom stereocenters. The normalized spacial score (nSPS) is 16.4. The maximum absolute atomic E-state index is 12.0. The van der Waals surface area contributed by atoms with Crippen molar-refractivity contribution in [3.8, 4) is 0 Å². The van der Waals surface area contributed by atoms with Gasteiger partial charge in [0.1, 0.15) is 0 Å². The molecule has 0 aliphatic carbocycles. The molecule has 1 saturated heterocycles. The number of anilines is 1. The van der Waals surface area contributed by atoms with Crippen molar-refractivity contribution in [2.75, 3.05) is 25.0 Å². The van der Waals surface area contributed by atoms with Crippen LogP contribution >= 0.6 is 0 Å². The summed E-state index contributed by atoms with van der Waals surface area (Å²) in [5.41, 5.74) is 7.49. The molecule has 1 heterocycles. The van der Waals surface area contributed by atoms with Crippen LogP contribution in [-0.4, -0.2) is 30.4 Å². The summed E-state index contributed by atoms with van der Waals surface area (Å²) in [4.78, 5) is 14.5. The van der Waals surface area contributed by atoms with Gasteiger partial charge in [0.05, 0.1) is 0 Å². The molecule has 1 aliphatic rings. The third kappa shape index (κ3) is 5.86. The molecule has 0 atom stereocenters. The van der Waals surface area contributed by atoms with Crippen LogP contribution in [0.3, 0.4) is 0 Å². The van der Waals surface area contributed by atoms with E-state index in [-0.39, 0.29) is 5.91 Å². The molecule has 1 aromatic rings. The van der Waals surface area contributed by atoms with Gasteiger partial charge in [0.2, 0.25) is 5.91 Å². The number of nitrogens with one attached hydrogen (secondary N) is 1. The average molecular weight is 289 g/mol. The first-order valence-corrected chi connectivity index (χ1v) is 8.09. The van der Waals surface area contributed by atoms with Gasteiger partial charge < -0.3 is 16.0 Å². The molecular weight excluding hydrogens is 262 g/mol. The summed E-state index contributed by atoms with van der Waals surface area (Å²) in [7, 11) is 0. The highest BCUT2D eigenvalue weighted by atomic mass is 16.1. The quantitative estimate of drug-likeness (QED) is 0.846. The number of nitrogens with two attached hydrogens (primary N) is 1. The monoisotopic (exact) mass is 289 g/mol. The summed E-state index contributed by atoms with van der Waals surface area (Å²) in [5.74, 6) is 0.0963. The summed E-state index contributed by atoms with van der Waals surface area (Å²) in [6.45, 7) is 3.93. The summed E-state index contributed by atoms with van der Waals surface area (Å²) in [6, 6.07) is 7.74. The summed E-state index contributed by atoms with van der Waals surface area (Å²) < 4.78 is 0. The molecule has 4 nitrogen and oxygen atoms in total. The van der Waals surface area contributed by atoms with E-state index in [9.17, 15) is 4.79 Å². The third-order valence-corrected chi connectivity index (χ3v) is 4.02. The number of rotatable bonds is 6. The molecule has 1 aromatic carbocycles. The van der Waals surface area contributed by atoms with Gasteiger partial charge >= 0.3 is 0 Å². The average Bonchev–Trinajstić information content (AvgIpc) is 2.76. The Labute approximate surface area is 127 Å². The van der Waals surface area contributed by atoms with Gasteiger partial charge in [0.15, 0.2) is 0 Å². The van der Waals surface area contributed by atoms with Crippen molar-refractivity contribution in [1.82, 2.24) is 4.90 Å². The minimum atomic E-state index is 0.0963. The Morgan fingerprint density at radius 1 is 1.19 bits per heavy atom. The molecule has 0 spiro atoms. The second kappa shape index (κ2) is 8.80. The van der Waals surface area contributed by atoms with Gasteiger partial charge in [0, 0.05) is 18.7 Å². The smallest absolute Gasteiger partial charge is 0.224 e. The van der Waals surface area contributed by atoms with E-state index in [2.05, 4.69) is 10.2 Å². The van der Waals surface area contributed by atoms with Crippen LogP contribution in [0.25, 0.3) is 0 Å². The van der Waals surface area contributed by atoms with Gasteiger partial charge in [-0.2, -0.15) is 0 Å². The van der Waals surface area contributed by atoms with Crippen LogP contribution in [0.4, 0.5) is 5.69 Å². The first-order valence-electron chi connectivity index (χ1n) is 8.09. The standard InChI is InChI=1S/C17H27N3O/c18-14-15-7-5-8-16(13-15)19-17(21)9-6-12-20-10-3-1-2-4-11-20/h5,7-8,13H,1-4,6,9-12,14,18H2,(H,19,21). The van der Waals surface area contributed by atoms with Crippen molar-refractivity contribution < 1.29 is 4.79 Å². The molecule has 4 heteroatoms. The molecule has 1 amide bonds. The number of carbonyl (C=O) groups is 1. The van der Waals surface area contributed by atoms with Crippen molar-refractivity contribution in [2.24, 2.45) is 5.73 Å². The minimum Gasteiger partial charge on any atom is -0.326 e. The van der Waals surface area contributed by atoms with E-state index in [1.54, 1.807) is 0 Å². The van der Waals surface area contributed by atoms with Crippen LogP contribution in [0.5, 0.6) is 0 Å². The molecule has 0 saturated carbocycles. The zero-order valence-electron chi connectivity index (χ0n) is 12.8. The van der Waals surface area contributed by atoms with E-state index in [1.165, 1.54) is 38.8 Å². The zero-order chi connectivity index (χ0) is 14.9. The number of benzene rings is 1. The van der Waals surface area contributed by atoms with E-state index >= 15 is 0 Å².